The van der Waals surface area contributed by atoms with Crippen LogP contribution in [0, 0.1) is 55.7 Å². The Kier molecular flexibility index (Phi) is 5.20. The smallest absolute Gasteiger partial charge is 0.309 e. The molecule has 5 aliphatic rings. The fourth-order valence-corrected chi connectivity index (χ4v) is 11.9. The van der Waals surface area contributed by atoms with Gasteiger partial charge in [0.25, 0.3) is 0 Å². The molecule has 0 spiro atoms. The molecule has 0 aliphatic heterocycles. The summed E-state index contributed by atoms with van der Waals surface area (Å²) in [6.45, 7) is 19.7. The van der Waals surface area contributed by atoms with Gasteiger partial charge in [-0.3, -0.25) is 4.79 Å². The first-order valence-corrected chi connectivity index (χ1v) is 14.4. The van der Waals surface area contributed by atoms with E-state index in [2.05, 4.69) is 55.4 Å². The molecule has 5 fully saturated rings. The molecule has 0 aromatic rings. The quantitative estimate of drug-likeness (QED) is 0.411. The van der Waals surface area contributed by atoms with E-state index in [1.807, 2.05) is 0 Å². The van der Waals surface area contributed by atoms with Gasteiger partial charge in [0.05, 0.1) is 11.5 Å². The predicted octanol–water partition coefficient (Wildman–Crippen LogP) is 7.70. The lowest BCUT2D eigenvalue weighted by atomic mass is 9.28. The molecular formula is C31H52O3. The lowest BCUT2D eigenvalue weighted by Crippen LogP contribution is -2.71. The third-order valence-electron chi connectivity index (χ3n) is 14.4. The fourth-order valence-electron chi connectivity index (χ4n) is 11.9. The zero-order chi connectivity index (χ0) is 25.2. The van der Waals surface area contributed by atoms with E-state index in [1.54, 1.807) is 0 Å². The summed E-state index contributed by atoms with van der Waals surface area (Å²) in [6, 6.07) is 0. The van der Waals surface area contributed by atoms with Crippen LogP contribution >= 0.6 is 0 Å². The summed E-state index contributed by atoms with van der Waals surface area (Å²) in [5, 5.41) is 21.6. The van der Waals surface area contributed by atoms with Gasteiger partial charge in [-0.25, -0.2) is 0 Å². The van der Waals surface area contributed by atoms with Crippen LogP contribution in [0.3, 0.4) is 0 Å². The molecule has 3 heteroatoms. The van der Waals surface area contributed by atoms with Crippen molar-refractivity contribution in [2.75, 3.05) is 0 Å². The number of aliphatic carboxylic acids is 1. The summed E-state index contributed by atoms with van der Waals surface area (Å²) in [5.74, 6) is 0.998. The van der Waals surface area contributed by atoms with Gasteiger partial charge in [-0.15, -0.1) is 0 Å². The highest BCUT2D eigenvalue weighted by Gasteiger charge is 2.74. The van der Waals surface area contributed by atoms with E-state index in [-0.39, 0.29) is 44.5 Å². The highest BCUT2D eigenvalue weighted by molar-refractivity contribution is 5.76. The van der Waals surface area contributed by atoms with Crippen molar-refractivity contribution in [1.82, 2.24) is 0 Å². The first-order chi connectivity index (χ1) is 15.5. The number of hydrogen-bond acceptors (Lipinski definition) is 2. The molecule has 0 aromatic heterocycles. The Balaban J connectivity index is 1.59. The maximum atomic E-state index is 12.9. The predicted molar refractivity (Wildman–Crippen MR) is 137 cm³/mol. The zero-order valence-electron chi connectivity index (χ0n) is 23.4. The van der Waals surface area contributed by atoms with Gasteiger partial charge in [0, 0.05) is 0 Å². The van der Waals surface area contributed by atoms with Gasteiger partial charge in [0.15, 0.2) is 0 Å². The number of fused-ring (bicyclic) bond motifs is 7. The second kappa shape index (κ2) is 7.05. The van der Waals surface area contributed by atoms with Crippen LogP contribution in [0.15, 0.2) is 0 Å². The molecule has 9 unspecified atom stereocenters. The minimum absolute atomic E-state index is 0.0194. The molecule has 194 valence electrons. The van der Waals surface area contributed by atoms with E-state index < -0.39 is 11.4 Å². The topological polar surface area (TPSA) is 57.5 Å². The van der Waals surface area contributed by atoms with E-state index in [9.17, 15) is 15.0 Å². The van der Waals surface area contributed by atoms with E-state index in [4.69, 9.17) is 0 Å². The SMILES string of the molecule is CC1(C)CCC2(C(=O)O)CCC3(C)C(C)(CCC4C5(C)CCC(O)C(C)(C)C5CCC43C)C2C1. The summed E-state index contributed by atoms with van der Waals surface area (Å²) < 4.78 is 0. The van der Waals surface area contributed by atoms with Crippen LogP contribution in [0.2, 0.25) is 0 Å². The number of aliphatic hydroxyl groups is 1. The number of hydrogen-bond donors (Lipinski definition) is 2. The van der Waals surface area contributed by atoms with Crippen molar-refractivity contribution < 1.29 is 15.0 Å². The minimum Gasteiger partial charge on any atom is -0.481 e. The van der Waals surface area contributed by atoms with Crippen molar-refractivity contribution in [3.05, 3.63) is 0 Å². The Hall–Kier alpha value is -0.570. The third-order valence-corrected chi connectivity index (χ3v) is 14.4. The molecule has 0 radical (unpaired) electrons. The lowest BCUT2D eigenvalue weighted by Gasteiger charge is -2.76. The van der Waals surface area contributed by atoms with E-state index in [1.165, 1.54) is 25.7 Å². The van der Waals surface area contributed by atoms with Crippen LogP contribution in [0.25, 0.3) is 0 Å². The third kappa shape index (κ3) is 2.77. The van der Waals surface area contributed by atoms with Crippen molar-refractivity contribution in [1.29, 1.82) is 0 Å². The van der Waals surface area contributed by atoms with Gasteiger partial charge in [0.1, 0.15) is 0 Å². The minimum atomic E-state index is -0.523. The standard InChI is InChI=1S/C31H52O3/c1-25(2)15-17-31(24(33)34)18-16-30(8)28(6)13-9-20-26(3,4)23(32)11-12-27(20,5)21(28)10-14-29(30,7)22(31)19-25/h20-23,32H,9-19H2,1-8H3,(H,33,34). The molecule has 0 bridgehead atoms. The van der Waals surface area contributed by atoms with E-state index in [0.29, 0.717) is 11.8 Å². The first kappa shape index (κ1) is 25.1. The molecule has 9 atom stereocenters. The maximum Gasteiger partial charge on any atom is 0.309 e. The summed E-state index contributed by atoms with van der Waals surface area (Å²) in [5.41, 5.74) is 0.423. The number of carboxylic acids is 1. The summed E-state index contributed by atoms with van der Waals surface area (Å²) in [7, 11) is 0. The second-order valence-electron chi connectivity index (χ2n) is 16.1. The molecule has 5 aliphatic carbocycles. The van der Waals surface area contributed by atoms with Crippen molar-refractivity contribution in [3.63, 3.8) is 0 Å². The number of rotatable bonds is 1. The highest BCUT2D eigenvalue weighted by atomic mass is 16.4. The maximum absolute atomic E-state index is 12.9. The summed E-state index contributed by atoms with van der Waals surface area (Å²) in [6.07, 6.45) is 11.6. The van der Waals surface area contributed by atoms with Crippen molar-refractivity contribution >= 4 is 5.97 Å². The van der Waals surface area contributed by atoms with Crippen LogP contribution in [0.4, 0.5) is 0 Å². The van der Waals surface area contributed by atoms with Crippen LogP contribution in [-0.2, 0) is 4.79 Å². The van der Waals surface area contributed by atoms with Crippen LogP contribution in [0.5, 0.6) is 0 Å². The Morgan fingerprint density at radius 1 is 0.676 bits per heavy atom. The molecule has 2 N–H and O–H groups in total. The van der Waals surface area contributed by atoms with Crippen LogP contribution < -0.4 is 0 Å². The molecule has 34 heavy (non-hydrogen) atoms. The first-order valence-electron chi connectivity index (χ1n) is 14.4. The van der Waals surface area contributed by atoms with E-state index in [0.717, 1.165) is 44.9 Å². The molecule has 3 nitrogen and oxygen atoms in total. The normalized spacial score (nSPS) is 55.8. The van der Waals surface area contributed by atoms with Gasteiger partial charge >= 0.3 is 5.97 Å². The number of aliphatic hydroxyl groups excluding tert-OH is 1. The monoisotopic (exact) mass is 472 g/mol. The highest BCUT2D eigenvalue weighted by Crippen LogP contribution is 2.80. The van der Waals surface area contributed by atoms with Gasteiger partial charge < -0.3 is 10.2 Å². The lowest BCUT2D eigenvalue weighted by molar-refractivity contribution is -0.285. The van der Waals surface area contributed by atoms with Gasteiger partial charge in [-0.05, 0) is 121 Å². The van der Waals surface area contributed by atoms with Crippen molar-refractivity contribution in [2.45, 2.75) is 132 Å². The number of carboxylic acid groups (broad SMARTS) is 1. The summed E-state index contributed by atoms with van der Waals surface area (Å²) >= 11 is 0. The van der Waals surface area contributed by atoms with Crippen LogP contribution in [0.1, 0.15) is 126 Å². The van der Waals surface area contributed by atoms with Crippen molar-refractivity contribution in [2.24, 2.45) is 55.7 Å². The Morgan fingerprint density at radius 2 is 1.24 bits per heavy atom. The van der Waals surface area contributed by atoms with Gasteiger partial charge in [0.2, 0.25) is 0 Å². The second-order valence-corrected chi connectivity index (χ2v) is 16.1. The Morgan fingerprint density at radius 3 is 1.85 bits per heavy atom. The van der Waals surface area contributed by atoms with Crippen LogP contribution in [-0.4, -0.2) is 22.3 Å². The molecule has 0 saturated heterocycles. The summed E-state index contributed by atoms with van der Waals surface area (Å²) in [4.78, 5) is 12.9. The van der Waals surface area contributed by atoms with Gasteiger partial charge in [-0.2, -0.15) is 0 Å². The Bertz CT molecular complexity index is 876. The molecule has 5 rings (SSSR count). The molecule has 5 saturated carbocycles. The van der Waals surface area contributed by atoms with Gasteiger partial charge in [-0.1, -0.05) is 55.4 Å². The average Bonchev–Trinajstić information content (AvgIpc) is 2.73. The molecular weight excluding hydrogens is 420 g/mol. The number of carbonyl (C=O) groups is 1. The molecule has 0 aromatic carbocycles. The fraction of sp³-hybridized carbons (Fsp3) is 0.968. The van der Waals surface area contributed by atoms with Crippen molar-refractivity contribution in [3.8, 4) is 0 Å². The zero-order valence-corrected chi connectivity index (χ0v) is 23.4. The average molecular weight is 473 g/mol. The molecule has 0 heterocycles. The largest absolute Gasteiger partial charge is 0.481 e. The van der Waals surface area contributed by atoms with E-state index >= 15 is 0 Å². The Labute approximate surface area is 208 Å². The molecule has 0 amide bonds.